The fourth-order valence-electron chi connectivity index (χ4n) is 4.54. The molecule has 0 amide bonds. The molecule has 1 unspecified atom stereocenters. The van der Waals surface area contributed by atoms with Gasteiger partial charge in [-0.15, -0.1) is 0 Å². The van der Waals surface area contributed by atoms with Crippen molar-refractivity contribution in [3.63, 3.8) is 0 Å². The van der Waals surface area contributed by atoms with Gasteiger partial charge < -0.3 is 14.0 Å². The standard InChI is InChI=1S/C29H33N5O3/c1-21(2)29(3,26-12-11-25(18-31-26)36-20-24-6-4-5-13-30-24)23-9-7-22(8-10-23)28-32-27(37-33-28)19-34-14-16-35-17-15-34/h4-13,18,21H,14-17,19-20H2,1-3H3. The van der Waals surface area contributed by atoms with Crippen LogP contribution in [-0.2, 0) is 23.3 Å². The van der Waals surface area contributed by atoms with Crippen LogP contribution in [0.1, 0.15) is 43.6 Å². The van der Waals surface area contributed by atoms with E-state index in [4.69, 9.17) is 19.0 Å². The van der Waals surface area contributed by atoms with Crippen molar-refractivity contribution in [1.82, 2.24) is 25.0 Å². The van der Waals surface area contributed by atoms with Crippen LogP contribution in [-0.4, -0.2) is 51.3 Å². The van der Waals surface area contributed by atoms with Crippen LogP contribution in [0.4, 0.5) is 0 Å². The molecule has 1 atom stereocenters. The van der Waals surface area contributed by atoms with Crippen molar-refractivity contribution < 1.29 is 14.0 Å². The molecule has 1 aliphatic rings. The van der Waals surface area contributed by atoms with Crippen LogP contribution < -0.4 is 4.74 Å². The second kappa shape index (κ2) is 11.2. The van der Waals surface area contributed by atoms with Gasteiger partial charge in [0, 0.05) is 30.3 Å². The van der Waals surface area contributed by atoms with Crippen molar-refractivity contribution in [2.45, 2.75) is 39.3 Å². The Kier molecular flexibility index (Phi) is 7.58. The van der Waals surface area contributed by atoms with E-state index in [1.54, 1.807) is 12.4 Å². The number of pyridine rings is 2. The summed E-state index contributed by atoms with van der Waals surface area (Å²) in [5.74, 6) is 2.27. The third kappa shape index (κ3) is 5.70. The predicted octanol–water partition coefficient (Wildman–Crippen LogP) is 4.90. The summed E-state index contributed by atoms with van der Waals surface area (Å²) in [5, 5.41) is 4.21. The van der Waals surface area contributed by atoms with Crippen LogP contribution in [0.5, 0.6) is 5.75 Å². The molecule has 8 heteroatoms. The number of nitrogens with zero attached hydrogens (tertiary/aromatic N) is 5. The summed E-state index contributed by atoms with van der Waals surface area (Å²) in [6, 6.07) is 18.2. The quantitative estimate of drug-likeness (QED) is 0.321. The molecule has 0 radical (unpaired) electrons. The van der Waals surface area contributed by atoms with Gasteiger partial charge in [-0.3, -0.25) is 14.9 Å². The van der Waals surface area contributed by atoms with Crippen molar-refractivity contribution >= 4 is 0 Å². The molecule has 0 aliphatic carbocycles. The SMILES string of the molecule is CC(C)C(C)(c1ccc(-c2noc(CN3CCOCC3)n2)cc1)c1ccc(OCc2ccccn2)cn1. The van der Waals surface area contributed by atoms with Gasteiger partial charge in [0.05, 0.1) is 37.3 Å². The smallest absolute Gasteiger partial charge is 0.241 e. The lowest BCUT2D eigenvalue weighted by Crippen LogP contribution is -2.35. The molecule has 1 saturated heterocycles. The lowest BCUT2D eigenvalue weighted by Gasteiger charge is -2.34. The van der Waals surface area contributed by atoms with Gasteiger partial charge in [0.25, 0.3) is 0 Å². The largest absolute Gasteiger partial charge is 0.486 e. The van der Waals surface area contributed by atoms with E-state index in [1.165, 1.54) is 5.56 Å². The molecule has 192 valence electrons. The number of morpholine rings is 1. The van der Waals surface area contributed by atoms with Gasteiger partial charge in [0.15, 0.2) is 0 Å². The van der Waals surface area contributed by atoms with Gasteiger partial charge in [-0.05, 0) is 42.7 Å². The fourth-order valence-corrected chi connectivity index (χ4v) is 4.54. The number of ether oxygens (including phenoxy) is 2. The first kappa shape index (κ1) is 25.0. The normalized spacial score (nSPS) is 16.0. The van der Waals surface area contributed by atoms with Gasteiger partial charge in [0.1, 0.15) is 12.4 Å². The molecule has 1 fully saturated rings. The van der Waals surface area contributed by atoms with Crippen LogP contribution >= 0.6 is 0 Å². The molecule has 5 rings (SSSR count). The fraction of sp³-hybridized carbons (Fsp3) is 0.379. The van der Waals surface area contributed by atoms with Gasteiger partial charge >= 0.3 is 0 Å². The first-order valence-electron chi connectivity index (χ1n) is 12.7. The maximum Gasteiger partial charge on any atom is 0.241 e. The Morgan fingerprint density at radius 3 is 2.49 bits per heavy atom. The van der Waals surface area contributed by atoms with Gasteiger partial charge in [-0.1, -0.05) is 49.3 Å². The number of rotatable bonds is 9. The minimum atomic E-state index is -0.281. The third-order valence-corrected chi connectivity index (χ3v) is 7.21. The van der Waals surface area contributed by atoms with Crippen LogP contribution in [0, 0.1) is 5.92 Å². The highest BCUT2D eigenvalue weighted by Crippen LogP contribution is 2.39. The average Bonchev–Trinajstić information content (AvgIpc) is 3.41. The summed E-state index contributed by atoms with van der Waals surface area (Å²) in [6.07, 6.45) is 3.56. The zero-order chi connectivity index (χ0) is 25.7. The van der Waals surface area contributed by atoms with E-state index in [1.807, 2.05) is 24.3 Å². The first-order chi connectivity index (χ1) is 18.0. The minimum Gasteiger partial charge on any atom is -0.486 e. The zero-order valence-electron chi connectivity index (χ0n) is 21.6. The Balaban J connectivity index is 1.29. The number of hydrogen-bond donors (Lipinski definition) is 0. The monoisotopic (exact) mass is 499 g/mol. The molecular weight excluding hydrogens is 466 g/mol. The lowest BCUT2D eigenvalue weighted by atomic mass is 9.70. The molecule has 37 heavy (non-hydrogen) atoms. The highest BCUT2D eigenvalue weighted by atomic mass is 16.5. The van der Waals surface area contributed by atoms with Crippen LogP contribution in [0.2, 0.25) is 0 Å². The number of hydrogen-bond acceptors (Lipinski definition) is 8. The summed E-state index contributed by atoms with van der Waals surface area (Å²) < 4.78 is 16.8. The molecule has 0 spiro atoms. The van der Waals surface area contributed by atoms with Crippen LogP contribution in [0.15, 0.2) is 71.5 Å². The highest BCUT2D eigenvalue weighted by Gasteiger charge is 2.34. The Morgan fingerprint density at radius 1 is 1.00 bits per heavy atom. The average molecular weight is 500 g/mol. The third-order valence-electron chi connectivity index (χ3n) is 7.21. The van der Waals surface area contributed by atoms with E-state index in [2.05, 4.69) is 71.1 Å². The Hall–Kier alpha value is -3.62. The molecule has 8 nitrogen and oxygen atoms in total. The van der Waals surface area contributed by atoms with E-state index in [0.717, 1.165) is 49.0 Å². The molecule has 0 bridgehead atoms. The summed E-state index contributed by atoms with van der Waals surface area (Å²) in [4.78, 5) is 16.0. The van der Waals surface area contributed by atoms with Crippen molar-refractivity contribution in [3.05, 3.63) is 89.8 Å². The van der Waals surface area contributed by atoms with E-state index in [0.29, 0.717) is 30.8 Å². The predicted molar refractivity (Wildman–Crippen MR) is 140 cm³/mol. The highest BCUT2D eigenvalue weighted by molar-refractivity contribution is 5.56. The topological polar surface area (TPSA) is 86.4 Å². The summed E-state index contributed by atoms with van der Waals surface area (Å²) in [6.45, 7) is 11.0. The number of aromatic nitrogens is 4. The molecule has 3 aromatic heterocycles. The van der Waals surface area contributed by atoms with Gasteiger partial charge in [-0.25, -0.2) is 0 Å². The van der Waals surface area contributed by atoms with Gasteiger partial charge in [-0.2, -0.15) is 4.98 Å². The van der Waals surface area contributed by atoms with E-state index >= 15 is 0 Å². The molecular formula is C29H33N5O3. The maximum absolute atomic E-state index is 5.88. The second-order valence-electron chi connectivity index (χ2n) is 9.82. The lowest BCUT2D eigenvalue weighted by molar-refractivity contribution is 0.0297. The Labute approximate surface area is 217 Å². The van der Waals surface area contributed by atoms with Crippen LogP contribution in [0.3, 0.4) is 0 Å². The van der Waals surface area contributed by atoms with Crippen molar-refractivity contribution in [2.75, 3.05) is 26.3 Å². The minimum absolute atomic E-state index is 0.281. The molecule has 4 heterocycles. The Bertz CT molecular complexity index is 1270. The molecule has 1 aromatic carbocycles. The second-order valence-corrected chi connectivity index (χ2v) is 9.82. The molecule has 0 saturated carbocycles. The maximum atomic E-state index is 5.88. The number of benzene rings is 1. The molecule has 4 aromatic rings. The first-order valence-corrected chi connectivity index (χ1v) is 12.7. The summed E-state index contributed by atoms with van der Waals surface area (Å²) >= 11 is 0. The Morgan fingerprint density at radius 2 is 1.81 bits per heavy atom. The zero-order valence-corrected chi connectivity index (χ0v) is 21.6. The summed E-state index contributed by atoms with van der Waals surface area (Å²) in [5.41, 5.74) is 3.70. The molecule has 1 aliphatic heterocycles. The van der Waals surface area contributed by atoms with Crippen molar-refractivity contribution in [1.29, 1.82) is 0 Å². The van der Waals surface area contributed by atoms with Gasteiger partial charge in [0.2, 0.25) is 11.7 Å². The summed E-state index contributed by atoms with van der Waals surface area (Å²) in [7, 11) is 0. The van der Waals surface area contributed by atoms with E-state index in [9.17, 15) is 0 Å². The van der Waals surface area contributed by atoms with E-state index in [-0.39, 0.29) is 5.41 Å². The van der Waals surface area contributed by atoms with Crippen molar-refractivity contribution in [3.8, 4) is 17.1 Å². The van der Waals surface area contributed by atoms with Crippen LogP contribution in [0.25, 0.3) is 11.4 Å². The van der Waals surface area contributed by atoms with Crippen molar-refractivity contribution in [2.24, 2.45) is 5.92 Å². The van der Waals surface area contributed by atoms with E-state index < -0.39 is 0 Å². The molecule has 0 N–H and O–H groups in total.